The molecule has 5 heteroatoms. The Kier molecular flexibility index (Phi) is 4.87. The Hall–Kier alpha value is -2.43. The van der Waals surface area contributed by atoms with Crippen LogP contribution < -0.4 is 5.32 Å². The molecule has 1 aromatic carbocycles. The highest BCUT2D eigenvalue weighted by Gasteiger charge is 2.13. The Morgan fingerprint density at radius 2 is 2.33 bits per heavy atom. The smallest absolute Gasteiger partial charge is 0.244 e. The van der Waals surface area contributed by atoms with Gasteiger partial charge in [0, 0.05) is 18.5 Å². The van der Waals surface area contributed by atoms with Crippen LogP contribution in [-0.2, 0) is 4.79 Å². The third-order valence-corrected chi connectivity index (χ3v) is 3.20. The van der Waals surface area contributed by atoms with Gasteiger partial charge in [0.15, 0.2) is 0 Å². The molecule has 1 aromatic heterocycles. The summed E-state index contributed by atoms with van der Waals surface area (Å²) in [4.78, 5) is 19.2. The molecule has 1 unspecified atom stereocenters. The number of aromatic nitrogens is 2. The number of amides is 1. The minimum Gasteiger partial charge on any atom is -0.347 e. The van der Waals surface area contributed by atoms with E-state index in [1.165, 1.54) is 18.2 Å². The molecule has 0 fully saturated rings. The number of hydrogen-bond acceptors (Lipinski definition) is 2. The van der Waals surface area contributed by atoms with Gasteiger partial charge in [-0.25, -0.2) is 9.37 Å². The summed E-state index contributed by atoms with van der Waals surface area (Å²) in [5.74, 6) is 0.186. The van der Waals surface area contributed by atoms with Crippen LogP contribution in [-0.4, -0.2) is 15.9 Å². The second-order valence-electron chi connectivity index (χ2n) is 4.78. The van der Waals surface area contributed by atoms with E-state index in [0.717, 1.165) is 12.2 Å². The highest BCUT2D eigenvalue weighted by molar-refractivity contribution is 5.95. The second-order valence-corrected chi connectivity index (χ2v) is 4.78. The average Bonchev–Trinajstić information content (AvgIpc) is 2.98. The van der Waals surface area contributed by atoms with Gasteiger partial charge in [-0.3, -0.25) is 4.79 Å². The normalized spacial score (nSPS) is 13.0. The Morgan fingerprint density at radius 3 is 2.95 bits per heavy atom. The third kappa shape index (κ3) is 4.02. The lowest BCUT2D eigenvalue weighted by atomic mass is 10.1. The summed E-state index contributed by atoms with van der Waals surface area (Å²) in [5, 5.41) is 2.88. The van der Waals surface area contributed by atoms with Gasteiger partial charge in [0.25, 0.3) is 0 Å². The van der Waals surface area contributed by atoms with Crippen LogP contribution in [0.15, 0.2) is 42.7 Å². The molecule has 2 N–H and O–H groups in total. The summed E-state index contributed by atoms with van der Waals surface area (Å²) in [7, 11) is 0. The maximum absolute atomic E-state index is 13.2. The van der Waals surface area contributed by atoms with Crippen molar-refractivity contribution in [3.8, 4) is 0 Å². The number of nitrogens with one attached hydrogen (secondary N) is 2. The van der Waals surface area contributed by atoms with Crippen LogP contribution in [0.5, 0.6) is 0 Å². The van der Waals surface area contributed by atoms with Crippen LogP contribution in [0.1, 0.15) is 37.7 Å². The first kappa shape index (κ1) is 15.0. The van der Waals surface area contributed by atoms with Gasteiger partial charge >= 0.3 is 0 Å². The molecule has 0 bridgehead atoms. The van der Waals surface area contributed by atoms with Gasteiger partial charge in [-0.1, -0.05) is 19.1 Å². The zero-order valence-electron chi connectivity index (χ0n) is 12.1. The summed E-state index contributed by atoms with van der Waals surface area (Å²) in [5.41, 5.74) is 1.40. The van der Waals surface area contributed by atoms with Crippen molar-refractivity contribution >= 4 is 11.5 Å². The number of nitrogens with zero attached hydrogens (tertiary/aromatic N) is 1. The van der Waals surface area contributed by atoms with Crippen LogP contribution in [0, 0.1) is 5.82 Å². The second kappa shape index (κ2) is 6.83. The number of aromatic amines is 1. The number of allylic oxidation sites excluding steroid dienone is 1. The van der Waals surface area contributed by atoms with Crippen molar-refractivity contribution in [2.24, 2.45) is 0 Å². The summed E-state index contributed by atoms with van der Waals surface area (Å²) < 4.78 is 13.2. The number of imidazole rings is 1. The molecular formula is C16H18FN3O. The minimum atomic E-state index is -0.317. The topological polar surface area (TPSA) is 57.8 Å². The van der Waals surface area contributed by atoms with Crippen molar-refractivity contribution in [3.05, 3.63) is 59.9 Å². The van der Waals surface area contributed by atoms with Gasteiger partial charge in [0.05, 0.1) is 6.04 Å². The molecule has 0 aliphatic rings. The van der Waals surface area contributed by atoms with Crippen molar-refractivity contribution in [2.75, 3.05) is 0 Å². The largest absolute Gasteiger partial charge is 0.347 e. The lowest BCUT2D eigenvalue weighted by Gasteiger charge is -2.13. The monoisotopic (exact) mass is 287 g/mol. The fourth-order valence-corrected chi connectivity index (χ4v) is 2.06. The highest BCUT2D eigenvalue weighted by Crippen LogP contribution is 2.16. The molecule has 1 heterocycles. The molecule has 0 radical (unpaired) electrons. The number of benzene rings is 1. The van der Waals surface area contributed by atoms with Gasteiger partial charge in [-0.2, -0.15) is 0 Å². The number of rotatable bonds is 5. The molecular weight excluding hydrogens is 269 g/mol. The Balaban J connectivity index is 2.08. The van der Waals surface area contributed by atoms with E-state index in [1.807, 2.05) is 6.92 Å². The quantitative estimate of drug-likeness (QED) is 0.830. The molecule has 1 amide bonds. The van der Waals surface area contributed by atoms with E-state index in [4.69, 9.17) is 0 Å². The number of H-pyrrole nitrogens is 1. The minimum absolute atomic E-state index is 0.163. The Bertz CT molecular complexity index is 635. The predicted molar refractivity (Wildman–Crippen MR) is 79.8 cm³/mol. The molecule has 4 nitrogen and oxygen atoms in total. The van der Waals surface area contributed by atoms with Gasteiger partial charge in [0.1, 0.15) is 11.6 Å². The molecule has 0 spiro atoms. The fraction of sp³-hybridized carbons (Fsp3) is 0.250. The maximum atomic E-state index is 13.2. The number of hydrogen-bond donors (Lipinski definition) is 2. The molecule has 21 heavy (non-hydrogen) atoms. The number of carbonyl (C=O) groups is 1. The summed E-state index contributed by atoms with van der Waals surface area (Å²) in [6.07, 6.45) is 5.57. The summed E-state index contributed by atoms with van der Waals surface area (Å²) in [6.45, 7) is 3.75. The van der Waals surface area contributed by atoms with Crippen LogP contribution in [0.4, 0.5) is 4.39 Å². The van der Waals surface area contributed by atoms with E-state index in [1.54, 1.807) is 31.5 Å². The van der Waals surface area contributed by atoms with E-state index < -0.39 is 0 Å². The van der Waals surface area contributed by atoms with Gasteiger partial charge < -0.3 is 10.3 Å². The predicted octanol–water partition coefficient (Wildman–Crippen LogP) is 3.22. The van der Waals surface area contributed by atoms with Gasteiger partial charge in [-0.15, -0.1) is 0 Å². The number of carbonyl (C=O) groups excluding carboxylic acids is 1. The third-order valence-electron chi connectivity index (χ3n) is 3.20. The zero-order chi connectivity index (χ0) is 15.2. The van der Waals surface area contributed by atoms with Crippen LogP contribution >= 0.6 is 0 Å². The SMILES string of the molecule is CCC(NC(=O)C=C(C)c1cccc(F)c1)c1ncc[nH]1. The summed E-state index contributed by atoms with van der Waals surface area (Å²) >= 11 is 0. The average molecular weight is 287 g/mol. The van der Waals surface area contributed by atoms with E-state index in [0.29, 0.717) is 11.1 Å². The standard InChI is InChI=1S/C16H18FN3O/c1-3-14(16-18-7-8-19-16)20-15(21)9-11(2)12-5-4-6-13(17)10-12/h4-10,14H,3H2,1-2H3,(H,18,19)(H,20,21). The molecule has 1 atom stereocenters. The fourth-order valence-electron chi connectivity index (χ4n) is 2.06. The highest BCUT2D eigenvalue weighted by atomic mass is 19.1. The van der Waals surface area contributed by atoms with Crippen molar-refractivity contribution in [2.45, 2.75) is 26.3 Å². The summed E-state index contributed by atoms with van der Waals surface area (Å²) in [6, 6.07) is 6.01. The molecule has 0 saturated carbocycles. The first-order valence-corrected chi connectivity index (χ1v) is 6.84. The zero-order valence-corrected chi connectivity index (χ0v) is 12.1. The van der Waals surface area contributed by atoms with E-state index in [9.17, 15) is 9.18 Å². The number of halogens is 1. The lowest BCUT2D eigenvalue weighted by Crippen LogP contribution is -2.27. The van der Waals surface area contributed by atoms with Crippen LogP contribution in [0.3, 0.4) is 0 Å². The first-order chi connectivity index (χ1) is 10.1. The van der Waals surface area contributed by atoms with E-state index in [-0.39, 0.29) is 17.8 Å². The molecule has 0 saturated heterocycles. The van der Waals surface area contributed by atoms with Crippen molar-refractivity contribution in [3.63, 3.8) is 0 Å². The molecule has 0 aliphatic heterocycles. The van der Waals surface area contributed by atoms with E-state index >= 15 is 0 Å². The Morgan fingerprint density at radius 1 is 1.52 bits per heavy atom. The van der Waals surface area contributed by atoms with Crippen molar-refractivity contribution in [1.29, 1.82) is 0 Å². The van der Waals surface area contributed by atoms with Crippen LogP contribution in [0.25, 0.3) is 5.57 Å². The van der Waals surface area contributed by atoms with Crippen molar-refractivity contribution < 1.29 is 9.18 Å². The van der Waals surface area contributed by atoms with Gasteiger partial charge in [0.2, 0.25) is 5.91 Å². The van der Waals surface area contributed by atoms with E-state index in [2.05, 4.69) is 15.3 Å². The molecule has 2 rings (SSSR count). The molecule has 110 valence electrons. The van der Waals surface area contributed by atoms with Gasteiger partial charge in [-0.05, 0) is 36.6 Å². The molecule has 2 aromatic rings. The molecule has 0 aliphatic carbocycles. The lowest BCUT2D eigenvalue weighted by molar-refractivity contribution is -0.117. The van der Waals surface area contributed by atoms with Crippen molar-refractivity contribution in [1.82, 2.24) is 15.3 Å². The first-order valence-electron chi connectivity index (χ1n) is 6.84. The Labute approximate surface area is 123 Å². The van der Waals surface area contributed by atoms with Crippen LogP contribution in [0.2, 0.25) is 0 Å². The maximum Gasteiger partial charge on any atom is 0.244 e.